The van der Waals surface area contributed by atoms with E-state index < -0.39 is 17.7 Å². The maximum absolute atomic E-state index is 14.3. The van der Waals surface area contributed by atoms with Gasteiger partial charge in [-0.1, -0.05) is 12.1 Å². The Hall–Kier alpha value is -4.38. The van der Waals surface area contributed by atoms with Gasteiger partial charge in [0.15, 0.2) is 23.2 Å². The highest BCUT2D eigenvalue weighted by Crippen LogP contribution is 2.46. The molecule has 0 unspecified atom stereocenters. The summed E-state index contributed by atoms with van der Waals surface area (Å²) in [5, 5.41) is 12.3. The Labute approximate surface area is 235 Å². The molecular formula is C30H29F2N7O2. The van der Waals surface area contributed by atoms with E-state index in [0.29, 0.717) is 24.2 Å². The van der Waals surface area contributed by atoms with Crippen LogP contribution in [-0.2, 0) is 12.2 Å². The van der Waals surface area contributed by atoms with Crippen LogP contribution in [0, 0.1) is 11.6 Å². The molecule has 2 aromatic carbocycles. The number of amides is 1. The van der Waals surface area contributed by atoms with E-state index in [-0.39, 0.29) is 23.8 Å². The predicted molar refractivity (Wildman–Crippen MR) is 147 cm³/mol. The molecule has 1 spiro atoms. The monoisotopic (exact) mass is 557 g/mol. The van der Waals surface area contributed by atoms with Crippen molar-refractivity contribution in [3.63, 3.8) is 0 Å². The summed E-state index contributed by atoms with van der Waals surface area (Å²) in [5.41, 5.74) is 2.42. The van der Waals surface area contributed by atoms with Gasteiger partial charge in [-0.2, -0.15) is 4.39 Å². The van der Waals surface area contributed by atoms with Crippen molar-refractivity contribution in [1.29, 1.82) is 0 Å². The number of hydrogen-bond acceptors (Lipinski definition) is 7. The van der Waals surface area contributed by atoms with Gasteiger partial charge in [-0.15, -0.1) is 10.2 Å². The number of rotatable bonds is 4. The normalized spacial score (nSPS) is 19.5. The number of piperidine rings is 1. The van der Waals surface area contributed by atoms with Crippen LogP contribution in [0.1, 0.15) is 47.1 Å². The lowest BCUT2D eigenvalue weighted by Gasteiger charge is -2.43. The van der Waals surface area contributed by atoms with Crippen LogP contribution >= 0.6 is 0 Å². The van der Waals surface area contributed by atoms with Gasteiger partial charge in [-0.25, -0.2) is 4.39 Å². The molecule has 11 heteroatoms. The third-order valence-corrected chi connectivity index (χ3v) is 8.55. The highest BCUT2D eigenvalue weighted by Gasteiger charge is 2.50. The summed E-state index contributed by atoms with van der Waals surface area (Å²) in [6, 6.07) is 13.5. The van der Waals surface area contributed by atoms with E-state index in [2.05, 4.69) is 36.8 Å². The van der Waals surface area contributed by atoms with Gasteiger partial charge in [-0.05, 0) is 56.3 Å². The van der Waals surface area contributed by atoms with Crippen molar-refractivity contribution < 1.29 is 18.3 Å². The molecule has 2 aromatic heterocycles. The van der Waals surface area contributed by atoms with Gasteiger partial charge in [0.1, 0.15) is 5.54 Å². The molecule has 210 valence electrons. The average molecular weight is 558 g/mol. The lowest BCUT2D eigenvalue weighted by Crippen LogP contribution is -2.49. The molecule has 1 saturated heterocycles. The Morgan fingerprint density at radius 3 is 2.68 bits per heavy atom. The largest absolute Gasteiger partial charge is 0.490 e. The van der Waals surface area contributed by atoms with Crippen molar-refractivity contribution in [3.05, 3.63) is 89.5 Å². The van der Waals surface area contributed by atoms with E-state index in [4.69, 9.17) is 9.84 Å². The Morgan fingerprint density at radius 1 is 1.07 bits per heavy atom. The Balaban J connectivity index is 1.20. The molecule has 41 heavy (non-hydrogen) atoms. The second kappa shape index (κ2) is 9.91. The molecule has 1 amide bonds. The van der Waals surface area contributed by atoms with Crippen LogP contribution in [0.25, 0.3) is 11.4 Å². The van der Waals surface area contributed by atoms with E-state index >= 15 is 0 Å². The van der Waals surface area contributed by atoms with Gasteiger partial charge in [0.25, 0.3) is 5.91 Å². The molecule has 1 atom stereocenters. The number of likely N-dealkylation sites (tertiary alicyclic amines) is 1. The maximum atomic E-state index is 14.3. The molecule has 9 nitrogen and oxygen atoms in total. The van der Waals surface area contributed by atoms with Crippen LogP contribution in [0.3, 0.4) is 0 Å². The zero-order valence-electron chi connectivity index (χ0n) is 22.6. The summed E-state index contributed by atoms with van der Waals surface area (Å²) in [6.07, 6.45) is 5.70. The quantitative estimate of drug-likeness (QED) is 0.401. The number of fused-ring (bicyclic) bond motifs is 3. The van der Waals surface area contributed by atoms with Crippen molar-refractivity contribution >= 4 is 11.6 Å². The number of carbonyl (C=O) groups excluding carboxylic acids is 1. The molecular weight excluding hydrogens is 528 g/mol. The Morgan fingerprint density at radius 2 is 1.88 bits per heavy atom. The van der Waals surface area contributed by atoms with Crippen LogP contribution in [0.4, 0.5) is 14.5 Å². The molecule has 7 rings (SSSR count). The van der Waals surface area contributed by atoms with Crippen LogP contribution in [0.15, 0.2) is 60.9 Å². The molecule has 0 radical (unpaired) electrons. The van der Waals surface area contributed by atoms with Crippen molar-refractivity contribution in [2.75, 3.05) is 31.6 Å². The molecule has 4 aromatic rings. The first-order chi connectivity index (χ1) is 19.9. The van der Waals surface area contributed by atoms with Gasteiger partial charge in [0.2, 0.25) is 5.82 Å². The standard InChI is InChI=1S/C30H29F2N7O2/c1-37-14-10-30(11-15-37)29-36-35-27(19-7-12-33-13-8-19)38(29)18-39(30)21-4-2-3-20(17-21)28(40)34-24-9-16-41-26-22(24)5-6-23(31)25(26)32/h2-8,12-13,17,24H,9-11,14-16,18H2,1H3,(H,34,40)/t24-/m0/s1. The highest BCUT2D eigenvalue weighted by molar-refractivity contribution is 5.95. The number of aromatic nitrogens is 4. The number of carbonyl (C=O) groups is 1. The Kier molecular flexibility index (Phi) is 6.19. The van der Waals surface area contributed by atoms with E-state index in [1.807, 2.05) is 30.3 Å². The number of ether oxygens (including phenoxy) is 1. The van der Waals surface area contributed by atoms with E-state index in [0.717, 1.165) is 54.9 Å². The zero-order chi connectivity index (χ0) is 28.1. The molecule has 3 aliphatic heterocycles. The summed E-state index contributed by atoms with van der Waals surface area (Å²) >= 11 is 0. The van der Waals surface area contributed by atoms with E-state index in [9.17, 15) is 13.6 Å². The third-order valence-electron chi connectivity index (χ3n) is 8.55. The minimum absolute atomic E-state index is 0.135. The number of benzene rings is 2. The van der Waals surface area contributed by atoms with E-state index in [1.165, 1.54) is 6.07 Å². The molecule has 1 N–H and O–H groups in total. The lowest BCUT2D eigenvalue weighted by molar-refractivity contribution is 0.0923. The smallest absolute Gasteiger partial charge is 0.251 e. The number of anilines is 1. The molecule has 3 aliphatic rings. The van der Waals surface area contributed by atoms with Crippen molar-refractivity contribution in [1.82, 2.24) is 30.0 Å². The first kappa shape index (κ1) is 25.6. The van der Waals surface area contributed by atoms with Crippen LogP contribution < -0.4 is 15.0 Å². The first-order valence-corrected chi connectivity index (χ1v) is 13.8. The average Bonchev–Trinajstić information content (AvgIpc) is 3.56. The number of hydrogen-bond donors (Lipinski definition) is 1. The molecule has 0 aliphatic carbocycles. The fourth-order valence-electron chi connectivity index (χ4n) is 6.31. The number of nitrogens with zero attached hydrogens (tertiary/aromatic N) is 6. The summed E-state index contributed by atoms with van der Waals surface area (Å²) in [7, 11) is 2.12. The fraction of sp³-hybridized carbons (Fsp3) is 0.333. The van der Waals surface area contributed by atoms with Gasteiger partial charge in [-0.3, -0.25) is 14.3 Å². The van der Waals surface area contributed by atoms with Gasteiger partial charge in [0, 0.05) is 54.3 Å². The van der Waals surface area contributed by atoms with Crippen molar-refractivity contribution in [2.24, 2.45) is 0 Å². The lowest BCUT2D eigenvalue weighted by atomic mass is 9.85. The number of halogens is 2. The van der Waals surface area contributed by atoms with Crippen LogP contribution in [-0.4, -0.2) is 57.3 Å². The van der Waals surface area contributed by atoms with Crippen LogP contribution in [0.5, 0.6) is 5.75 Å². The SMILES string of the molecule is CN1CCC2(CC1)c1nnc(-c3ccncc3)n1CN2c1cccc(C(=O)N[C@H]2CCOc3c2ccc(F)c3F)c1. The second-order valence-electron chi connectivity index (χ2n) is 10.9. The predicted octanol–water partition coefficient (Wildman–Crippen LogP) is 4.27. The number of pyridine rings is 1. The van der Waals surface area contributed by atoms with E-state index in [1.54, 1.807) is 18.5 Å². The van der Waals surface area contributed by atoms with Gasteiger partial charge >= 0.3 is 0 Å². The van der Waals surface area contributed by atoms with Crippen LogP contribution in [0.2, 0.25) is 0 Å². The van der Waals surface area contributed by atoms with Gasteiger partial charge in [0.05, 0.1) is 19.3 Å². The first-order valence-electron chi connectivity index (χ1n) is 13.8. The van der Waals surface area contributed by atoms with Gasteiger partial charge < -0.3 is 19.9 Å². The van der Waals surface area contributed by atoms with Crippen molar-refractivity contribution in [2.45, 2.75) is 37.5 Å². The molecule has 0 saturated carbocycles. The highest BCUT2D eigenvalue weighted by atomic mass is 19.2. The molecule has 5 heterocycles. The molecule has 1 fully saturated rings. The summed E-state index contributed by atoms with van der Waals surface area (Å²) in [5.74, 6) is -0.704. The second-order valence-corrected chi connectivity index (χ2v) is 10.9. The zero-order valence-corrected chi connectivity index (χ0v) is 22.6. The minimum Gasteiger partial charge on any atom is -0.490 e. The number of nitrogens with one attached hydrogen (secondary N) is 1. The topological polar surface area (TPSA) is 88.4 Å². The summed E-state index contributed by atoms with van der Waals surface area (Å²) < 4.78 is 35.6. The fourth-order valence-corrected chi connectivity index (χ4v) is 6.31. The summed E-state index contributed by atoms with van der Waals surface area (Å²) in [6.45, 7) is 2.55. The maximum Gasteiger partial charge on any atom is 0.251 e. The Bertz CT molecular complexity index is 1620. The minimum atomic E-state index is -1.03. The third kappa shape index (κ3) is 4.22. The van der Waals surface area contributed by atoms with Crippen molar-refractivity contribution in [3.8, 4) is 17.1 Å². The molecule has 0 bridgehead atoms. The summed E-state index contributed by atoms with van der Waals surface area (Å²) in [4.78, 5) is 22.3.